The highest BCUT2D eigenvalue weighted by Crippen LogP contribution is 2.19. The van der Waals surface area contributed by atoms with Gasteiger partial charge in [-0.05, 0) is 17.7 Å². The molecule has 0 N–H and O–H groups in total. The number of carbonyl (C=O) groups is 1. The normalized spacial score (nSPS) is 10.6. The average molecular weight is 339 g/mol. The summed E-state index contributed by atoms with van der Waals surface area (Å²) in [6.45, 7) is 0.546. The number of benzene rings is 2. The fraction of sp³-hybridized carbons (Fsp3) is 0.211. The molecule has 0 saturated heterocycles. The molecule has 0 bridgehead atoms. The summed E-state index contributed by atoms with van der Waals surface area (Å²) in [4.78, 5) is 18.1. The molecule has 0 aliphatic rings. The largest absolute Gasteiger partial charge is 0.341 e. The van der Waals surface area contributed by atoms with Crippen LogP contribution in [0.5, 0.6) is 0 Å². The van der Waals surface area contributed by atoms with Gasteiger partial charge in [0.15, 0.2) is 0 Å². The first-order chi connectivity index (χ1) is 12.1. The number of amides is 1. The summed E-state index contributed by atoms with van der Waals surface area (Å²) in [7, 11) is 1.76. The number of rotatable bonds is 6. The molecule has 25 heavy (non-hydrogen) atoms. The van der Waals surface area contributed by atoms with Crippen molar-refractivity contribution in [3.63, 3.8) is 0 Å². The van der Waals surface area contributed by atoms with E-state index in [0.717, 1.165) is 5.56 Å². The molecule has 0 aliphatic heterocycles. The lowest BCUT2D eigenvalue weighted by Gasteiger charge is -2.16. The Hall–Kier alpha value is -3.02. The van der Waals surface area contributed by atoms with Gasteiger partial charge in [0.05, 0.1) is 5.56 Å². The molecule has 6 heteroatoms. The molecule has 0 atom stereocenters. The lowest BCUT2D eigenvalue weighted by atomic mass is 10.2. The van der Waals surface area contributed by atoms with Gasteiger partial charge in [-0.1, -0.05) is 47.6 Å². The quantitative estimate of drug-likeness (QED) is 0.690. The van der Waals surface area contributed by atoms with E-state index < -0.39 is 5.82 Å². The second-order valence-electron chi connectivity index (χ2n) is 5.73. The summed E-state index contributed by atoms with van der Waals surface area (Å²) in [6.07, 6.45) is 0.571. The summed E-state index contributed by atoms with van der Waals surface area (Å²) >= 11 is 0. The molecule has 3 rings (SSSR count). The van der Waals surface area contributed by atoms with Crippen molar-refractivity contribution < 1.29 is 13.7 Å². The van der Waals surface area contributed by atoms with Gasteiger partial charge in [0.2, 0.25) is 17.6 Å². The van der Waals surface area contributed by atoms with Crippen LogP contribution in [0.25, 0.3) is 11.4 Å². The van der Waals surface area contributed by atoms with Crippen molar-refractivity contribution in [1.29, 1.82) is 0 Å². The molecule has 1 amide bonds. The number of hydrogen-bond acceptors (Lipinski definition) is 4. The molecular formula is C19H18FN3O2. The van der Waals surface area contributed by atoms with E-state index in [1.54, 1.807) is 30.1 Å². The molecule has 0 aliphatic carbocycles. The monoisotopic (exact) mass is 339 g/mol. The maximum absolute atomic E-state index is 13.7. The molecule has 0 unspecified atom stereocenters. The number of hydrogen-bond donors (Lipinski definition) is 0. The molecule has 0 spiro atoms. The van der Waals surface area contributed by atoms with Crippen LogP contribution >= 0.6 is 0 Å². The van der Waals surface area contributed by atoms with Crippen molar-refractivity contribution in [3.8, 4) is 11.4 Å². The lowest BCUT2D eigenvalue weighted by Crippen LogP contribution is -2.26. The summed E-state index contributed by atoms with van der Waals surface area (Å²) in [5.41, 5.74) is 1.35. The SMILES string of the molecule is CN(Cc1ccccc1)C(=O)CCc1nc(-c2ccccc2F)no1. The van der Waals surface area contributed by atoms with Crippen molar-refractivity contribution >= 4 is 5.91 Å². The van der Waals surface area contributed by atoms with Gasteiger partial charge < -0.3 is 9.42 Å². The van der Waals surface area contributed by atoms with E-state index in [4.69, 9.17) is 4.52 Å². The van der Waals surface area contributed by atoms with Crippen LogP contribution in [0, 0.1) is 5.82 Å². The van der Waals surface area contributed by atoms with Crippen LogP contribution in [0.4, 0.5) is 4.39 Å². The number of aryl methyl sites for hydroxylation is 1. The van der Waals surface area contributed by atoms with Crippen LogP contribution in [0.15, 0.2) is 59.1 Å². The summed E-state index contributed by atoms with van der Waals surface area (Å²) < 4.78 is 18.9. The molecule has 1 heterocycles. The zero-order valence-corrected chi connectivity index (χ0v) is 13.9. The van der Waals surface area contributed by atoms with E-state index in [-0.39, 0.29) is 23.7 Å². The molecular weight excluding hydrogens is 321 g/mol. The molecule has 0 saturated carbocycles. The van der Waals surface area contributed by atoms with E-state index in [0.29, 0.717) is 18.9 Å². The predicted molar refractivity (Wildman–Crippen MR) is 90.9 cm³/mol. The summed E-state index contributed by atoms with van der Waals surface area (Å²) in [5.74, 6) is 0.0842. The fourth-order valence-electron chi connectivity index (χ4n) is 2.46. The molecule has 1 aromatic heterocycles. The Bertz CT molecular complexity index is 849. The molecule has 3 aromatic rings. The van der Waals surface area contributed by atoms with Crippen LogP contribution in [-0.4, -0.2) is 28.0 Å². The third kappa shape index (κ3) is 4.29. The Morgan fingerprint density at radius 3 is 2.60 bits per heavy atom. The van der Waals surface area contributed by atoms with Gasteiger partial charge in [0.1, 0.15) is 5.82 Å². The van der Waals surface area contributed by atoms with Crippen molar-refractivity contribution in [1.82, 2.24) is 15.0 Å². The molecule has 5 nitrogen and oxygen atoms in total. The Kier molecular flexibility index (Phi) is 5.18. The van der Waals surface area contributed by atoms with E-state index in [9.17, 15) is 9.18 Å². The van der Waals surface area contributed by atoms with Gasteiger partial charge in [0, 0.05) is 26.4 Å². The Morgan fingerprint density at radius 1 is 1.12 bits per heavy atom. The molecule has 2 aromatic carbocycles. The first-order valence-corrected chi connectivity index (χ1v) is 7.99. The second-order valence-corrected chi connectivity index (χ2v) is 5.73. The number of halogens is 1. The zero-order chi connectivity index (χ0) is 17.6. The van der Waals surface area contributed by atoms with Gasteiger partial charge in [-0.25, -0.2) is 4.39 Å². The molecule has 128 valence electrons. The average Bonchev–Trinajstić information content (AvgIpc) is 3.09. The third-order valence-electron chi connectivity index (χ3n) is 3.82. The lowest BCUT2D eigenvalue weighted by molar-refractivity contribution is -0.130. The van der Waals surface area contributed by atoms with Gasteiger partial charge in [0.25, 0.3) is 0 Å². The Balaban J connectivity index is 1.57. The Morgan fingerprint density at radius 2 is 1.84 bits per heavy atom. The molecule has 0 fully saturated rings. The van der Waals surface area contributed by atoms with Gasteiger partial charge >= 0.3 is 0 Å². The van der Waals surface area contributed by atoms with Crippen molar-refractivity contribution in [2.75, 3.05) is 7.05 Å². The minimum Gasteiger partial charge on any atom is -0.341 e. The van der Waals surface area contributed by atoms with Crippen LogP contribution in [-0.2, 0) is 17.8 Å². The van der Waals surface area contributed by atoms with Crippen LogP contribution in [0.3, 0.4) is 0 Å². The molecule has 0 radical (unpaired) electrons. The highest BCUT2D eigenvalue weighted by molar-refractivity contribution is 5.76. The summed E-state index contributed by atoms with van der Waals surface area (Å²) in [6, 6.07) is 16.0. The second kappa shape index (κ2) is 7.70. The van der Waals surface area contributed by atoms with E-state index in [2.05, 4.69) is 10.1 Å². The van der Waals surface area contributed by atoms with E-state index in [1.807, 2.05) is 30.3 Å². The van der Waals surface area contributed by atoms with Crippen LogP contribution in [0.2, 0.25) is 0 Å². The maximum atomic E-state index is 13.7. The van der Waals surface area contributed by atoms with Crippen molar-refractivity contribution in [2.24, 2.45) is 0 Å². The number of aromatic nitrogens is 2. The number of nitrogens with zero attached hydrogens (tertiary/aromatic N) is 3. The van der Waals surface area contributed by atoms with E-state index in [1.165, 1.54) is 6.07 Å². The van der Waals surface area contributed by atoms with Crippen LogP contribution in [0.1, 0.15) is 17.9 Å². The number of carbonyl (C=O) groups excluding carboxylic acids is 1. The zero-order valence-electron chi connectivity index (χ0n) is 13.9. The first kappa shape index (κ1) is 16.8. The van der Waals surface area contributed by atoms with Gasteiger partial charge in [-0.15, -0.1) is 0 Å². The fourth-order valence-corrected chi connectivity index (χ4v) is 2.46. The standard InChI is InChI=1S/C19H18FN3O2/c1-23(13-14-7-3-2-4-8-14)18(24)12-11-17-21-19(22-25-17)15-9-5-6-10-16(15)20/h2-10H,11-13H2,1H3. The first-order valence-electron chi connectivity index (χ1n) is 7.99. The van der Waals surface area contributed by atoms with Crippen LogP contribution < -0.4 is 0 Å². The van der Waals surface area contributed by atoms with Gasteiger partial charge in [-0.3, -0.25) is 4.79 Å². The topological polar surface area (TPSA) is 59.2 Å². The minimum absolute atomic E-state index is 0.0190. The minimum atomic E-state index is -0.409. The predicted octanol–water partition coefficient (Wildman–Crippen LogP) is 3.47. The maximum Gasteiger partial charge on any atom is 0.227 e. The smallest absolute Gasteiger partial charge is 0.227 e. The highest BCUT2D eigenvalue weighted by Gasteiger charge is 2.15. The Labute approximate surface area is 145 Å². The third-order valence-corrected chi connectivity index (χ3v) is 3.82. The van der Waals surface area contributed by atoms with Gasteiger partial charge in [-0.2, -0.15) is 4.98 Å². The van der Waals surface area contributed by atoms with E-state index >= 15 is 0 Å². The van der Waals surface area contributed by atoms with Crippen molar-refractivity contribution in [3.05, 3.63) is 71.9 Å². The van der Waals surface area contributed by atoms with Crippen molar-refractivity contribution in [2.45, 2.75) is 19.4 Å². The summed E-state index contributed by atoms with van der Waals surface area (Å²) in [5, 5.41) is 3.79. The highest BCUT2D eigenvalue weighted by atomic mass is 19.1.